The zero-order valence-electron chi connectivity index (χ0n) is 31.2. The molecule has 0 saturated heterocycles. The fourth-order valence-corrected chi connectivity index (χ4v) is 10.8. The van der Waals surface area contributed by atoms with E-state index >= 15 is 4.39 Å². The smallest absolute Gasteiger partial charge is 0.289 e. The summed E-state index contributed by atoms with van der Waals surface area (Å²) in [5, 5.41) is 4.78. The number of nitrogens with zero attached hydrogens (tertiary/aromatic N) is 4. The standard InChI is InChI=1S/C39H47ClFN5O7S/c1-23-20-54(49,44-37(48)29-19-45(2)42-38(29)52-5)43-36(47)28-11-13-33-35(34(28)41)46(18-25-8-10-27(25)32(51-4)15-14-31(23)50-3)21-39(22-53-33)16-6-7-24-17-26(40)9-12-30(24)39/h9,11-15,17,19,23,25,27,31-32H,6-8,10,16,18,20-22H2,1-5H3,(H,43,44,47,48,49)/b15-14-/t23-,25+,27-,31+,32?,39+,54?/m1/s1. The van der Waals surface area contributed by atoms with Crippen molar-refractivity contribution in [2.75, 3.05) is 51.7 Å². The Hall–Kier alpha value is -3.98. The molecule has 2 bridgehead atoms. The van der Waals surface area contributed by atoms with Crippen LogP contribution in [0, 0.1) is 23.6 Å². The van der Waals surface area contributed by atoms with Gasteiger partial charge in [-0.3, -0.25) is 19.0 Å². The second kappa shape index (κ2) is 15.3. The van der Waals surface area contributed by atoms with Gasteiger partial charge in [0.1, 0.15) is 26.9 Å². The summed E-state index contributed by atoms with van der Waals surface area (Å²) in [4.78, 5) is 29.7. The number of anilines is 1. The number of hydrogen-bond donors (Lipinski definition) is 1. The van der Waals surface area contributed by atoms with Crippen molar-refractivity contribution in [3.05, 3.63) is 81.8 Å². The highest BCUT2D eigenvalue weighted by molar-refractivity contribution is 7.92. The Bertz CT molecular complexity index is 2100. The average molecular weight is 784 g/mol. The number of fused-ring (bicyclic) bond motifs is 4. The van der Waals surface area contributed by atoms with E-state index in [0.717, 1.165) is 43.2 Å². The van der Waals surface area contributed by atoms with Gasteiger partial charge in [-0.1, -0.05) is 36.7 Å². The van der Waals surface area contributed by atoms with E-state index in [1.54, 1.807) is 27.1 Å². The van der Waals surface area contributed by atoms with Gasteiger partial charge in [0.05, 0.1) is 37.2 Å². The summed E-state index contributed by atoms with van der Waals surface area (Å²) in [5.41, 5.74) is 1.61. The van der Waals surface area contributed by atoms with Crippen LogP contribution in [-0.4, -0.2) is 84.8 Å². The van der Waals surface area contributed by atoms with Crippen molar-refractivity contribution in [1.82, 2.24) is 14.5 Å². The minimum absolute atomic E-state index is 0.00142. The van der Waals surface area contributed by atoms with Crippen LogP contribution in [0.5, 0.6) is 11.6 Å². The highest BCUT2D eigenvalue weighted by atomic mass is 35.5. The van der Waals surface area contributed by atoms with Crippen molar-refractivity contribution in [2.24, 2.45) is 29.2 Å². The monoisotopic (exact) mass is 783 g/mol. The fourth-order valence-electron chi connectivity index (χ4n) is 8.70. The summed E-state index contributed by atoms with van der Waals surface area (Å²) >= 11 is 6.44. The summed E-state index contributed by atoms with van der Waals surface area (Å²) in [6.45, 7) is 3.04. The molecule has 1 N–H and O–H groups in total. The van der Waals surface area contributed by atoms with Gasteiger partial charge in [-0.05, 0) is 85.3 Å². The third-order valence-electron chi connectivity index (χ3n) is 11.5. The van der Waals surface area contributed by atoms with Gasteiger partial charge in [0.2, 0.25) is 5.88 Å². The zero-order chi connectivity index (χ0) is 38.4. The predicted molar refractivity (Wildman–Crippen MR) is 203 cm³/mol. The maximum absolute atomic E-state index is 17.2. The van der Waals surface area contributed by atoms with Gasteiger partial charge in [0.25, 0.3) is 11.8 Å². The maximum atomic E-state index is 17.2. The number of carbonyl (C=O) groups excluding carboxylic acids is 2. The van der Waals surface area contributed by atoms with Crippen LogP contribution in [-0.2, 0) is 38.3 Å². The number of halogens is 2. The van der Waals surface area contributed by atoms with Gasteiger partial charge in [-0.25, -0.2) is 8.60 Å². The third kappa shape index (κ3) is 7.25. The molecule has 2 aliphatic heterocycles. The first kappa shape index (κ1) is 38.3. The average Bonchev–Trinajstić information content (AvgIpc) is 3.44. The Morgan fingerprint density at radius 1 is 1.13 bits per heavy atom. The molecule has 2 aromatic carbocycles. The Kier molecular flexibility index (Phi) is 10.8. The van der Waals surface area contributed by atoms with Crippen molar-refractivity contribution < 1.29 is 37.1 Å². The van der Waals surface area contributed by atoms with Gasteiger partial charge >= 0.3 is 0 Å². The number of aromatic nitrogens is 2. The lowest BCUT2D eigenvalue weighted by Gasteiger charge is -2.46. The minimum Gasteiger partial charge on any atom is -0.490 e. The molecule has 1 spiro atoms. The van der Waals surface area contributed by atoms with Crippen LogP contribution in [0.4, 0.5) is 10.1 Å². The minimum atomic E-state index is -3.90. The number of amides is 2. The van der Waals surface area contributed by atoms with Crippen molar-refractivity contribution in [2.45, 2.75) is 56.7 Å². The van der Waals surface area contributed by atoms with Crippen molar-refractivity contribution in [3.63, 3.8) is 0 Å². The number of methoxy groups -OCH3 is 3. The lowest BCUT2D eigenvalue weighted by atomic mass is 9.68. The normalized spacial score (nSPS) is 30.2. The van der Waals surface area contributed by atoms with Gasteiger partial charge < -0.3 is 23.8 Å². The SMILES string of the molecule is COc1nn(C)cc1C(=O)NS1(=O)=NC(=O)c2ccc3c(c2F)N(C[C@@H]2CC[C@H]2C(OC)/C=C\[C@H](OC)[C@H](C)C1)C[C@@]1(CCCc2cc(Cl)ccc21)CO3. The van der Waals surface area contributed by atoms with Crippen LogP contribution >= 0.6 is 11.6 Å². The molecule has 54 heavy (non-hydrogen) atoms. The quantitative estimate of drug-likeness (QED) is 0.314. The van der Waals surface area contributed by atoms with E-state index in [0.29, 0.717) is 30.5 Å². The molecule has 0 radical (unpaired) electrons. The van der Waals surface area contributed by atoms with E-state index in [9.17, 15) is 13.8 Å². The van der Waals surface area contributed by atoms with E-state index in [-0.39, 0.29) is 46.4 Å². The van der Waals surface area contributed by atoms with Crippen molar-refractivity contribution in [1.29, 1.82) is 0 Å². The number of carbonyl (C=O) groups is 2. The largest absolute Gasteiger partial charge is 0.490 e. The number of rotatable bonds is 5. The molecule has 1 aromatic heterocycles. The van der Waals surface area contributed by atoms with Crippen molar-refractivity contribution in [3.8, 4) is 11.6 Å². The van der Waals surface area contributed by atoms with E-state index < -0.39 is 45.0 Å². The van der Waals surface area contributed by atoms with E-state index in [4.69, 9.17) is 30.5 Å². The first-order chi connectivity index (χ1) is 25.9. The Balaban J connectivity index is 1.36. The Morgan fingerprint density at radius 3 is 2.63 bits per heavy atom. The third-order valence-corrected chi connectivity index (χ3v) is 13.7. The maximum Gasteiger partial charge on any atom is 0.289 e. The van der Waals surface area contributed by atoms with Gasteiger partial charge in [0, 0.05) is 51.0 Å². The molecule has 1 fully saturated rings. The van der Waals surface area contributed by atoms with Crippen LogP contribution in [0.3, 0.4) is 0 Å². The van der Waals surface area contributed by atoms with Gasteiger partial charge in [-0.2, -0.15) is 0 Å². The first-order valence-electron chi connectivity index (χ1n) is 18.3. The first-order valence-corrected chi connectivity index (χ1v) is 20.4. The van der Waals surface area contributed by atoms with E-state index in [1.807, 2.05) is 29.2 Å². The fraction of sp³-hybridized carbons (Fsp3) is 0.513. The molecule has 3 aromatic rings. The number of nitrogens with one attached hydrogen (secondary N) is 1. The number of ether oxygens (including phenoxy) is 4. The molecule has 290 valence electrons. The zero-order valence-corrected chi connectivity index (χ0v) is 32.8. The lowest BCUT2D eigenvalue weighted by Crippen LogP contribution is -2.50. The van der Waals surface area contributed by atoms with Gasteiger partial charge in [0.15, 0.2) is 5.82 Å². The second-order valence-corrected chi connectivity index (χ2v) is 17.4. The van der Waals surface area contributed by atoms with Crippen LogP contribution < -0.4 is 19.1 Å². The molecular formula is C39H47ClFN5O7S. The highest BCUT2D eigenvalue weighted by Crippen LogP contribution is 2.48. The van der Waals surface area contributed by atoms with Crippen molar-refractivity contribution >= 4 is 39.0 Å². The molecule has 15 heteroatoms. The van der Waals surface area contributed by atoms with Crippen LogP contribution in [0.15, 0.2) is 53.0 Å². The number of benzene rings is 2. The second-order valence-electron chi connectivity index (χ2n) is 15.0. The Morgan fingerprint density at radius 2 is 1.91 bits per heavy atom. The Labute approximate surface area is 320 Å². The molecule has 2 unspecified atom stereocenters. The highest BCUT2D eigenvalue weighted by Gasteiger charge is 2.45. The molecule has 1 saturated carbocycles. The topological polar surface area (TPSA) is 134 Å². The van der Waals surface area contributed by atoms with Crippen LogP contribution in [0.1, 0.15) is 64.4 Å². The molecule has 2 amide bonds. The summed E-state index contributed by atoms with van der Waals surface area (Å²) in [7, 11) is 2.27. The van der Waals surface area contributed by atoms with Crippen LogP contribution in [0.2, 0.25) is 5.02 Å². The molecule has 7 rings (SSSR count). The van der Waals surface area contributed by atoms with Gasteiger partial charge in [-0.15, -0.1) is 9.46 Å². The number of hydrogen-bond acceptors (Lipinski definition) is 9. The number of aryl methyl sites for hydroxylation is 2. The molecule has 12 nitrogen and oxygen atoms in total. The summed E-state index contributed by atoms with van der Waals surface area (Å²) < 4.78 is 63.5. The summed E-state index contributed by atoms with van der Waals surface area (Å²) in [6.07, 6.45) is 8.89. The summed E-state index contributed by atoms with van der Waals surface area (Å²) in [5.74, 6) is -2.89. The summed E-state index contributed by atoms with van der Waals surface area (Å²) in [6, 6.07) is 8.87. The molecular weight excluding hydrogens is 737 g/mol. The predicted octanol–water partition coefficient (Wildman–Crippen LogP) is 5.91. The molecule has 4 aliphatic rings. The van der Waals surface area contributed by atoms with E-state index in [1.165, 1.54) is 31.2 Å². The molecule has 2 aliphatic carbocycles. The molecule has 3 heterocycles. The lowest BCUT2D eigenvalue weighted by molar-refractivity contribution is 0.0119. The van der Waals surface area contributed by atoms with E-state index in [2.05, 4.69) is 20.2 Å². The van der Waals surface area contributed by atoms with Crippen LogP contribution in [0.25, 0.3) is 0 Å². The molecule has 7 atom stereocenters.